The molecule has 0 aliphatic carbocycles. The Kier molecular flexibility index (Phi) is 5.08. The third-order valence-electron chi connectivity index (χ3n) is 7.19. The van der Waals surface area contributed by atoms with Crippen molar-refractivity contribution in [3.8, 4) is 0 Å². The maximum atomic E-state index is 10.0. The molecule has 1 unspecified atom stereocenters. The van der Waals surface area contributed by atoms with Gasteiger partial charge in [-0.1, -0.05) is 13.8 Å². The van der Waals surface area contributed by atoms with Crippen molar-refractivity contribution in [3.05, 3.63) is 92.5 Å². The second-order valence-corrected chi connectivity index (χ2v) is 9.32. The average Bonchev–Trinajstić information content (AvgIpc) is 3.49. The molecule has 5 rings (SSSR count). The normalized spacial score (nSPS) is 25.7. The van der Waals surface area contributed by atoms with Crippen molar-refractivity contribution in [1.82, 2.24) is 5.32 Å². The minimum atomic E-state index is 0.353. The Morgan fingerprint density at radius 1 is 0.909 bits per heavy atom. The first-order chi connectivity index (χ1) is 15.8. The van der Waals surface area contributed by atoms with Gasteiger partial charge in [0, 0.05) is 22.9 Å². The van der Waals surface area contributed by atoms with Gasteiger partial charge in [0.15, 0.2) is 0 Å². The van der Waals surface area contributed by atoms with Gasteiger partial charge in [0.1, 0.15) is 0 Å². The van der Waals surface area contributed by atoms with E-state index in [1.807, 2.05) is 13.0 Å². The number of aliphatic imine (C=N–C) groups is 3. The number of nitrogens with zero attached hydrogens (tertiary/aromatic N) is 3. The lowest BCUT2D eigenvalue weighted by Gasteiger charge is -2.07. The Morgan fingerprint density at radius 2 is 1.64 bits per heavy atom. The highest BCUT2D eigenvalue weighted by molar-refractivity contribution is 6.18. The monoisotopic (exact) mass is 438 g/mol. The fourth-order valence-corrected chi connectivity index (χ4v) is 4.97. The van der Waals surface area contributed by atoms with Gasteiger partial charge in [-0.15, -0.1) is 0 Å². The van der Waals surface area contributed by atoms with Crippen molar-refractivity contribution in [2.75, 3.05) is 0 Å². The van der Waals surface area contributed by atoms with Gasteiger partial charge >= 0.3 is 0 Å². The molecule has 5 heterocycles. The molecular formula is C28H30N4O. The number of aliphatic hydroxyl groups is 1. The summed E-state index contributed by atoms with van der Waals surface area (Å²) in [5, 5.41) is 13.6. The summed E-state index contributed by atoms with van der Waals surface area (Å²) in [6.07, 6.45) is 11.4. The van der Waals surface area contributed by atoms with E-state index in [2.05, 4.69) is 58.2 Å². The van der Waals surface area contributed by atoms with Crippen molar-refractivity contribution in [1.29, 1.82) is 0 Å². The third-order valence-corrected chi connectivity index (χ3v) is 7.19. The van der Waals surface area contributed by atoms with Gasteiger partial charge in [0.2, 0.25) is 0 Å². The average molecular weight is 439 g/mol. The summed E-state index contributed by atoms with van der Waals surface area (Å²) in [6, 6.07) is 0. The van der Waals surface area contributed by atoms with Gasteiger partial charge in [-0.2, -0.15) is 0 Å². The van der Waals surface area contributed by atoms with Gasteiger partial charge in [-0.25, -0.2) is 15.0 Å². The topological polar surface area (TPSA) is 69.3 Å². The van der Waals surface area contributed by atoms with Crippen LogP contribution in [0.5, 0.6) is 0 Å². The van der Waals surface area contributed by atoms with Crippen LogP contribution in [0.3, 0.4) is 0 Å². The van der Waals surface area contributed by atoms with Crippen LogP contribution in [0.25, 0.3) is 0 Å². The van der Waals surface area contributed by atoms with Crippen LogP contribution >= 0.6 is 0 Å². The second kappa shape index (κ2) is 7.84. The first-order valence-corrected chi connectivity index (χ1v) is 11.6. The Bertz CT molecular complexity index is 1330. The molecule has 5 nitrogen and oxygen atoms in total. The fraction of sp³-hybridized carbons (Fsp3) is 0.321. The molecule has 5 aliphatic heterocycles. The van der Waals surface area contributed by atoms with E-state index < -0.39 is 0 Å². The fourth-order valence-electron chi connectivity index (χ4n) is 4.97. The van der Waals surface area contributed by atoms with E-state index >= 15 is 0 Å². The van der Waals surface area contributed by atoms with Gasteiger partial charge in [-0.05, 0) is 92.7 Å². The van der Waals surface area contributed by atoms with Crippen LogP contribution in [0.15, 0.2) is 107 Å². The summed E-state index contributed by atoms with van der Waals surface area (Å²) < 4.78 is 0. The quantitative estimate of drug-likeness (QED) is 0.471. The molecule has 0 aromatic carbocycles. The summed E-state index contributed by atoms with van der Waals surface area (Å²) in [5.74, 6) is 0.353. The van der Waals surface area contributed by atoms with Crippen LogP contribution < -0.4 is 5.32 Å². The summed E-state index contributed by atoms with van der Waals surface area (Å²) in [7, 11) is 0. The van der Waals surface area contributed by atoms with Crippen molar-refractivity contribution in [2.45, 2.75) is 54.4 Å². The highest BCUT2D eigenvalue weighted by atomic mass is 16.2. The number of nitrogens with one attached hydrogen (secondary N) is 1. The van der Waals surface area contributed by atoms with E-state index in [1.165, 1.54) is 16.8 Å². The van der Waals surface area contributed by atoms with E-state index in [4.69, 9.17) is 15.0 Å². The van der Waals surface area contributed by atoms with Crippen molar-refractivity contribution in [2.24, 2.45) is 20.9 Å². The molecule has 0 aromatic heterocycles. The van der Waals surface area contributed by atoms with Crippen LogP contribution in [0.2, 0.25) is 0 Å². The zero-order chi connectivity index (χ0) is 23.4. The van der Waals surface area contributed by atoms with E-state index in [0.717, 1.165) is 81.3 Å². The maximum Gasteiger partial charge on any atom is 0.0889 e. The first kappa shape index (κ1) is 21.4. The largest absolute Gasteiger partial charge is 0.515 e. The highest BCUT2D eigenvalue weighted by Crippen LogP contribution is 2.36. The lowest BCUT2D eigenvalue weighted by atomic mass is 9.99. The molecule has 5 aliphatic rings. The van der Waals surface area contributed by atoms with Crippen molar-refractivity contribution >= 4 is 17.1 Å². The number of hydrogen-bond donors (Lipinski definition) is 2. The molecule has 2 N–H and O–H groups in total. The van der Waals surface area contributed by atoms with E-state index in [9.17, 15) is 5.11 Å². The Hall–Kier alpha value is -3.47. The van der Waals surface area contributed by atoms with Crippen molar-refractivity contribution in [3.63, 3.8) is 0 Å². The molecular weight excluding hydrogens is 408 g/mol. The zero-order valence-electron chi connectivity index (χ0n) is 20.2. The number of allylic oxidation sites excluding steroid dienone is 12. The lowest BCUT2D eigenvalue weighted by Crippen LogP contribution is -2.09. The molecule has 1 fully saturated rings. The molecule has 1 saturated heterocycles. The van der Waals surface area contributed by atoms with Crippen LogP contribution in [0, 0.1) is 5.92 Å². The summed E-state index contributed by atoms with van der Waals surface area (Å²) >= 11 is 0. The minimum Gasteiger partial charge on any atom is -0.515 e. The molecule has 1 atom stereocenters. The van der Waals surface area contributed by atoms with E-state index in [-0.39, 0.29) is 0 Å². The molecule has 5 heteroatoms. The summed E-state index contributed by atoms with van der Waals surface area (Å²) in [4.78, 5) is 14.8. The molecule has 0 radical (unpaired) electrons. The Labute approximate surface area is 195 Å². The third kappa shape index (κ3) is 3.43. The molecule has 0 saturated carbocycles. The Balaban J connectivity index is 1.76. The maximum absolute atomic E-state index is 10.0. The SMILES string of the molecule is CCC1=C(C)C2=CC3=NC(=C(C)/C3=C\O)C=C3NC(=C(C)C4=NC(=CC1=N2)C(C)=C4)CC3C. The van der Waals surface area contributed by atoms with Gasteiger partial charge in [-0.3, -0.25) is 0 Å². The van der Waals surface area contributed by atoms with Gasteiger partial charge in [0.25, 0.3) is 0 Å². The smallest absolute Gasteiger partial charge is 0.0889 e. The molecule has 0 amide bonds. The van der Waals surface area contributed by atoms with Crippen LogP contribution in [0.4, 0.5) is 0 Å². The van der Waals surface area contributed by atoms with Gasteiger partial charge in [0.05, 0.1) is 40.5 Å². The number of fused-ring (bicyclic) bond motifs is 5. The molecule has 33 heavy (non-hydrogen) atoms. The molecule has 0 aromatic rings. The predicted octanol–water partition coefficient (Wildman–Crippen LogP) is 6.31. The highest BCUT2D eigenvalue weighted by Gasteiger charge is 2.28. The number of aliphatic hydroxyl groups excluding tert-OH is 1. The van der Waals surface area contributed by atoms with Crippen LogP contribution in [-0.4, -0.2) is 22.2 Å². The Morgan fingerprint density at radius 3 is 2.36 bits per heavy atom. The van der Waals surface area contributed by atoms with E-state index in [1.54, 1.807) is 0 Å². The number of rotatable bonds is 1. The first-order valence-electron chi connectivity index (χ1n) is 11.6. The zero-order valence-corrected chi connectivity index (χ0v) is 20.2. The molecule has 0 spiro atoms. The molecule has 168 valence electrons. The van der Waals surface area contributed by atoms with Crippen molar-refractivity contribution < 1.29 is 5.11 Å². The predicted molar refractivity (Wildman–Crippen MR) is 136 cm³/mol. The summed E-state index contributed by atoms with van der Waals surface area (Å²) in [5.41, 5.74) is 14.2. The lowest BCUT2D eigenvalue weighted by molar-refractivity contribution is 0.471. The number of hydrogen-bond acceptors (Lipinski definition) is 5. The standard InChI is InChI=1S/C28H30N4O/c1-7-19-16(4)26-12-28-20(13-33)17(5)25(32-28)10-21-14(2)8-23(29-21)18(6)24-9-15(3)22(30-24)11-27(19)31-26/h9-14,29,33H,7-8H2,1-6H3/b20-13+,21-10?,22-11?,23-18?,26-12?. The van der Waals surface area contributed by atoms with Crippen LogP contribution in [-0.2, 0) is 0 Å². The summed E-state index contributed by atoms with van der Waals surface area (Å²) in [6.45, 7) is 12.8. The van der Waals surface area contributed by atoms with E-state index in [0.29, 0.717) is 5.92 Å². The second-order valence-electron chi connectivity index (χ2n) is 9.32. The van der Waals surface area contributed by atoms with Crippen LogP contribution in [0.1, 0.15) is 54.4 Å². The minimum absolute atomic E-state index is 0.353. The van der Waals surface area contributed by atoms with Gasteiger partial charge < -0.3 is 10.4 Å². The molecule has 8 bridgehead atoms.